The summed E-state index contributed by atoms with van der Waals surface area (Å²) in [6.07, 6.45) is 3.39. The molecule has 2 N–H and O–H groups in total. The van der Waals surface area contributed by atoms with Crippen LogP contribution in [0.4, 0.5) is 11.4 Å². The number of pyridine rings is 2. The summed E-state index contributed by atoms with van der Waals surface area (Å²) in [5.41, 5.74) is 2.96. The van der Waals surface area contributed by atoms with Crippen LogP contribution in [0.25, 0.3) is 10.9 Å². The number of amides is 1. The number of hydrogen-bond acceptors (Lipinski definition) is 5. The van der Waals surface area contributed by atoms with Gasteiger partial charge in [0.25, 0.3) is 5.91 Å². The minimum atomic E-state index is -0.179. The first-order valence-electron chi connectivity index (χ1n) is 8.13. The number of hydrogen-bond donors (Lipinski definition) is 2. The molecule has 6 heteroatoms. The first-order valence-corrected chi connectivity index (χ1v) is 8.13. The highest BCUT2D eigenvalue weighted by molar-refractivity contribution is 5.95. The van der Waals surface area contributed by atoms with Crippen LogP contribution >= 0.6 is 0 Å². The molecule has 1 aromatic carbocycles. The van der Waals surface area contributed by atoms with Crippen molar-refractivity contribution in [3.8, 4) is 0 Å². The summed E-state index contributed by atoms with van der Waals surface area (Å²) < 4.78 is 0. The molecule has 0 spiro atoms. The Bertz CT molecular complexity index is 873. The average molecular weight is 335 g/mol. The molecule has 0 aliphatic heterocycles. The van der Waals surface area contributed by atoms with E-state index in [0.29, 0.717) is 12.2 Å². The second-order valence-electron chi connectivity index (χ2n) is 5.99. The number of nitrogens with one attached hydrogen (secondary N) is 2. The van der Waals surface area contributed by atoms with E-state index in [4.69, 9.17) is 0 Å². The van der Waals surface area contributed by atoms with Gasteiger partial charge in [-0.15, -0.1) is 0 Å². The minimum absolute atomic E-state index is 0.179. The van der Waals surface area contributed by atoms with Gasteiger partial charge in [0, 0.05) is 36.6 Å². The van der Waals surface area contributed by atoms with Crippen molar-refractivity contribution in [2.45, 2.75) is 0 Å². The lowest BCUT2D eigenvalue weighted by Gasteiger charge is -2.11. The lowest BCUT2D eigenvalue weighted by atomic mass is 10.2. The van der Waals surface area contributed by atoms with Crippen molar-refractivity contribution in [1.29, 1.82) is 0 Å². The molecule has 2 aromatic heterocycles. The van der Waals surface area contributed by atoms with E-state index in [1.807, 2.05) is 55.4 Å². The summed E-state index contributed by atoms with van der Waals surface area (Å²) in [7, 11) is 3.93. The molecule has 0 unspecified atom stereocenters. The van der Waals surface area contributed by atoms with Gasteiger partial charge in [0.2, 0.25) is 0 Å². The Hall–Kier alpha value is -2.99. The zero-order chi connectivity index (χ0) is 17.6. The van der Waals surface area contributed by atoms with Crippen LogP contribution in [-0.4, -0.2) is 48.0 Å². The van der Waals surface area contributed by atoms with Crippen LogP contribution in [0.5, 0.6) is 0 Å². The van der Waals surface area contributed by atoms with E-state index in [1.54, 1.807) is 18.5 Å². The molecular weight excluding hydrogens is 314 g/mol. The highest BCUT2D eigenvalue weighted by atomic mass is 16.1. The molecule has 128 valence electrons. The van der Waals surface area contributed by atoms with Crippen LogP contribution in [0.3, 0.4) is 0 Å². The largest absolute Gasteiger partial charge is 0.354 e. The van der Waals surface area contributed by atoms with Gasteiger partial charge in [0.15, 0.2) is 0 Å². The molecule has 0 saturated heterocycles. The predicted molar refractivity (Wildman–Crippen MR) is 100 cm³/mol. The highest BCUT2D eigenvalue weighted by Crippen LogP contribution is 2.24. The van der Waals surface area contributed by atoms with Crippen molar-refractivity contribution in [2.24, 2.45) is 0 Å². The fraction of sp³-hybridized carbons (Fsp3) is 0.211. The van der Waals surface area contributed by atoms with Crippen LogP contribution in [0.15, 0.2) is 54.9 Å². The quantitative estimate of drug-likeness (QED) is 0.725. The van der Waals surface area contributed by atoms with E-state index in [1.165, 1.54) is 0 Å². The number of fused-ring (bicyclic) bond motifs is 1. The Balaban J connectivity index is 1.76. The van der Waals surface area contributed by atoms with Gasteiger partial charge in [0.1, 0.15) is 5.69 Å². The third kappa shape index (κ3) is 4.30. The topological polar surface area (TPSA) is 70.2 Å². The Labute approximate surface area is 146 Å². The highest BCUT2D eigenvalue weighted by Gasteiger charge is 2.09. The van der Waals surface area contributed by atoms with Gasteiger partial charge in [-0.25, -0.2) is 0 Å². The first-order chi connectivity index (χ1) is 12.1. The van der Waals surface area contributed by atoms with Gasteiger partial charge < -0.3 is 15.5 Å². The van der Waals surface area contributed by atoms with Crippen LogP contribution in [0, 0.1) is 0 Å². The number of benzene rings is 1. The molecule has 3 rings (SSSR count). The molecule has 0 aliphatic carbocycles. The third-order valence-electron chi connectivity index (χ3n) is 3.75. The lowest BCUT2D eigenvalue weighted by molar-refractivity contribution is 0.0946. The second-order valence-corrected chi connectivity index (χ2v) is 5.99. The Kier molecular flexibility index (Phi) is 5.20. The molecule has 0 radical (unpaired) electrons. The Morgan fingerprint density at radius 3 is 2.76 bits per heavy atom. The van der Waals surface area contributed by atoms with Gasteiger partial charge in [-0.1, -0.05) is 18.2 Å². The van der Waals surface area contributed by atoms with Gasteiger partial charge in [-0.2, -0.15) is 0 Å². The van der Waals surface area contributed by atoms with Crippen molar-refractivity contribution in [2.75, 3.05) is 32.5 Å². The number of carbonyl (C=O) groups excluding carboxylic acids is 1. The van der Waals surface area contributed by atoms with E-state index < -0.39 is 0 Å². The van der Waals surface area contributed by atoms with Crippen molar-refractivity contribution >= 4 is 28.2 Å². The fourth-order valence-corrected chi connectivity index (χ4v) is 2.48. The maximum atomic E-state index is 12.2. The van der Waals surface area contributed by atoms with Gasteiger partial charge in [0.05, 0.1) is 11.2 Å². The van der Waals surface area contributed by atoms with E-state index in [-0.39, 0.29) is 5.91 Å². The number of anilines is 2. The van der Waals surface area contributed by atoms with Crippen molar-refractivity contribution in [3.63, 3.8) is 0 Å². The number of rotatable bonds is 6. The SMILES string of the molecule is CN(C)CCNC(=O)c1cc(Nc2cccc3cccnc23)ccn1. The summed E-state index contributed by atoms with van der Waals surface area (Å²) >= 11 is 0. The van der Waals surface area contributed by atoms with E-state index in [9.17, 15) is 4.79 Å². The van der Waals surface area contributed by atoms with Crippen LogP contribution < -0.4 is 10.6 Å². The summed E-state index contributed by atoms with van der Waals surface area (Å²) in [5, 5.41) is 7.25. The number of likely N-dealkylation sites (N-methyl/N-ethyl adjacent to an activating group) is 1. The maximum absolute atomic E-state index is 12.2. The number of nitrogens with zero attached hydrogens (tertiary/aromatic N) is 3. The second kappa shape index (κ2) is 7.72. The molecule has 1 amide bonds. The molecule has 0 aliphatic rings. The van der Waals surface area contributed by atoms with Crippen LogP contribution in [0.1, 0.15) is 10.5 Å². The zero-order valence-electron chi connectivity index (χ0n) is 14.4. The zero-order valence-corrected chi connectivity index (χ0v) is 14.4. The Morgan fingerprint density at radius 1 is 1.08 bits per heavy atom. The van der Waals surface area contributed by atoms with Crippen molar-refractivity contribution < 1.29 is 4.79 Å². The molecule has 0 fully saturated rings. The maximum Gasteiger partial charge on any atom is 0.269 e. The third-order valence-corrected chi connectivity index (χ3v) is 3.75. The van der Waals surface area contributed by atoms with Crippen LogP contribution in [-0.2, 0) is 0 Å². The standard InChI is InChI=1S/C19H21N5O/c1-24(2)12-11-22-19(25)17-13-15(8-10-20-17)23-16-7-3-5-14-6-4-9-21-18(14)16/h3-10,13H,11-12H2,1-2H3,(H,20,23)(H,22,25). The summed E-state index contributed by atoms with van der Waals surface area (Å²) in [5.74, 6) is -0.179. The monoisotopic (exact) mass is 335 g/mol. The van der Waals surface area contributed by atoms with E-state index in [0.717, 1.165) is 28.8 Å². The summed E-state index contributed by atoms with van der Waals surface area (Å²) in [6, 6.07) is 13.5. The predicted octanol–water partition coefficient (Wildman–Crippen LogP) is 2.66. The smallest absolute Gasteiger partial charge is 0.269 e. The molecule has 3 aromatic rings. The Morgan fingerprint density at radius 2 is 1.92 bits per heavy atom. The van der Waals surface area contributed by atoms with Crippen LogP contribution in [0.2, 0.25) is 0 Å². The molecule has 2 heterocycles. The summed E-state index contributed by atoms with van der Waals surface area (Å²) in [4.78, 5) is 22.8. The molecule has 25 heavy (non-hydrogen) atoms. The number of para-hydroxylation sites is 1. The number of carbonyl (C=O) groups is 1. The fourth-order valence-electron chi connectivity index (χ4n) is 2.48. The lowest BCUT2D eigenvalue weighted by Crippen LogP contribution is -2.31. The number of aromatic nitrogens is 2. The summed E-state index contributed by atoms with van der Waals surface area (Å²) in [6.45, 7) is 1.36. The van der Waals surface area contributed by atoms with E-state index in [2.05, 4.69) is 20.6 Å². The molecular formula is C19H21N5O. The normalized spacial score (nSPS) is 10.8. The van der Waals surface area contributed by atoms with Gasteiger partial charge in [-0.05, 0) is 38.4 Å². The minimum Gasteiger partial charge on any atom is -0.354 e. The first kappa shape index (κ1) is 16.9. The van der Waals surface area contributed by atoms with Crippen molar-refractivity contribution in [1.82, 2.24) is 20.2 Å². The molecule has 0 bridgehead atoms. The molecule has 6 nitrogen and oxygen atoms in total. The van der Waals surface area contributed by atoms with Gasteiger partial charge >= 0.3 is 0 Å². The van der Waals surface area contributed by atoms with E-state index >= 15 is 0 Å². The molecule has 0 atom stereocenters. The van der Waals surface area contributed by atoms with Gasteiger partial charge in [-0.3, -0.25) is 14.8 Å². The van der Waals surface area contributed by atoms with Crippen molar-refractivity contribution in [3.05, 3.63) is 60.6 Å². The molecule has 0 saturated carbocycles. The average Bonchev–Trinajstić information content (AvgIpc) is 2.62.